The molecule has 3 heteroatoms. The van der Waals surface area contributed by atoms with E-state index in [0.717, 1.165) is 25.8 Å². The molecule has 1 aromatic rings. The number of benzene rings is 1. The van der Waals surface area contributed by atoms with Crippen molar-refractivity contribution in [2.24, 2.45) is 0 Å². The first kappa shape index (κ1) is 16.7. The third kappa shape index (κ3) is 6.71. The van der Waals surface area contributed by atoms with E-state index in [1.165, 1.54) is 5.56 Å². The Morgan fingerprint density at radius 2 is 1.85 bits per heavy atom. The van der Waals surface area contributed by atoms with Crippen LogP contribution in [0, 0.1) is 0 Å². The molecule has 1 amide bonds. The Balaban J connectivity index is 2.22. The average molecular weight is 276 g/mol. The Morgan fingerprint density at radius 3 is 2.45 bits per heavy atom. The van der Waals surface area contributed by atoms with Crippen LogP contribution in [0.25, 0.3) is 0 Å². The maximum atomic E-state index is 11.5. The van der Waals surface area contributed by atoms with Crippen molar-refractivity contribution < 1.29 is 4.79 Å². The number of carbonyl (C=O) groups is 1. The fourth-order valence-corrected chi connectivity index (χ4v) is 2.08. The number of hydrogen-bond acceptors (Lipinski definition) is 2. The van der Waals surface area contributed by atoms with E-state index in [1.54, 1.807) is 19.0 Å². The lowest BCUT2D eigenvalue weighted by molar-refractivity contribution is -0.128. The van der Waals surface area contributed by atoms with Gasteiger partial charge in [0.1, 0.15) is 0 Å². The first-order valence-corrected chi connectivity index (χ1v) is 7.40. The minimum Gasteiger partial charge on any atom is -0.349 e. The number of hydrogen-bond donors (Lipinski definition) is 1. The molecule has 0 saturated heterocycles. The molecule has 3 nitrogen and oxygen atoms in total. The highest BCUT2D eigenvalue weighted by atomic mass is 16.2. The predicted octanol–water partition coefficient (Wildman–Crippen LogP) is 2.86. The molecule has 0 fully saturated rings. The highest BCUT2D eigenvalue weighted by Crippen LogP contribution is 2.13. The van der Waals surface area contributed by atoms with Gasteiger partial charge in [-0.1, -0.05) is 30.3 Å². The summed E-state index contributed by atoms with van der Waals surface area (Å²) in [5.74, 6) is 0.203. The van der Waals surface area contributed by atoms with E-state index in [0.29, 0.717) is 6.42 Å². The van der Waals surface area contributed by atoms with E-state index in [2.05, 4.69) is 49.5 Å². The van der Waals surface area contributed by atoms with Crippen molar-refractivity contribution >= 4 is 5.91 Å². The van der Waals surface area contributed by atoms with Crippen molar-refractivity contribution in [1.29, 1.82) is 0 Å². The van der Waals surface area contributed by atoms with Crippen LogP contribution in [-0.2, 0) is 11.2 Å². The Labute approximate surface area is 123 Å². The first-order chi connectivity index (χ1) is 9.41. The van der Waals surface area contributed by atoms with Gasteiger partial charge in [0.25, 0.3) is 0 Å². The van der Waals surface area contributed by atoms with E-state index in [-0.39, 0.29) is 11.4 Å². The largest absolute Gasteiger partial charge is 0.349 e. The Kier molecular flexibility index (Phi) is 6.73. The van der Waals surface area contributed by atoms with Crippen LogP contribution in [0.2, 0.25) is 0 Å². The van der Waals surface area contributed by atoms with Crippen molar-refractivity contribution in [3.05, 3.63) is 35.9 Å². The number of amides is 1. The normalized spacial score (nSPS) is 11.4. The number of carbonyl (C=O) groups excluding carboxylic acids is 1. The second-order valence-corrected chi connectivity index (χ2v) is 6.19. The quantitative estimate of drug-likeness (QED) is 0.741. The third-order valence-electron chi connectivity index (χ3n) is 3.55. The molecular weight excluding hydrogens is 248 g/mol. The lowest BCUT2D eigenvalue weighted by Crippen LogP contribution is -2.40. The lowest BCUT2D eigenvalue weighted by atomic mass is 9.95. The number of rotatable bonds is 8. The molecule has 112 valence electrons. The van der Waals surface area contributed by atoms with Gasteiger partial charge in [-0.25, -0.2) is 0 Å². The van der Waals surface area contributed by atoms with Gasteiger partial charge in [0, 0.05) is 26.1 Å². The van der Waals surface area contributed by atoms with Crippen LogP contribution in [0.1, 0.15) is 38.7 Å². The summed E-state index contributed by atoms with van der Waals surface area (Å²) in [6.45, 7) is 5.34. The molecule has 0 atom stereocenters. The summed E-state index contributed by atoms with van der Waals surface area (Å²) < 4.78 is 0. The monoisotopic (exact) mass is 276 g/mol. The fraction of sp³-hybridized carbons (Fsp3) is 0.588. The summed E-state index contributed by atoms with van der Waals surface area (Å²) in [4.78, 5) is 13.1. The third-order valence-corrected chi connectivity index (χ3v) is 3.55. The van der Waals surface area contributed by atoms with Gasteiger partial charge in [-0.05, 0) is 45.2 Å². The second kappa shape index (κ2) is 8.05. The molecule has 0 aliphatic carbocycles. The lowest BCUT2D eigenvalue weighted by Gasteiger charge is -2.26. The van der Waals surface area contributed by atoms with Gasteiger partial charge in [-0.2, -0.15) is 0 Å². The molecule has 0 aliphatic rings. The van der Waals surface area contributed by atoms with Crippen molar-refractivity contribution in [3.8, 4) is 0 Å². The zero-order valence-corrected chi connectivity index (χ0v) is 13.3. The van der Waals surface area contributed by atoms with Gasteiger partial charge in [0.05, 0.1) is 0 Å². The molecule has 0 aromatic heterocycles. The van der Waals surface area contributed by atoms with E-state index >= 15 is 0 Å². The smallest absolute Gasteiger partial charge is 0.222 e. The van der Waals surface area contributed by atoms with E-state index in [1.807, 2.05) is 0 Å². The van der Waals surface area contributed by atoms with Gasteiger partial charge in [-0.3, -0.25) is 4.79 Å². The van der Waals surface area contributed by atoms with E-state index in [9.17, 15) is 4.79 Å². The van der Waals surface area contributed by atoms with Crippen molar-refractivity contribution in [2.75, 3.05) is 20.6 Å². The minimum absolute atomic E-state index is 0.108. The molecule has 0 radical (unpaired) electrons. The molecule has 0 saturated carbocycles. The molecule has 20 heavy (non-hydrogen) atoms. The molecule has 0 unspecified atom stereocenters. The van der Waals surface area contributed by atoms with Crippen LogP contribution in [0.4, 0.5) is 0 Å². The molecule has 0 aliphatic heterocycles. The highest BCUT2D eigenvalue weighted by Gasteiger charge is 2.16. The summed E-state index contributed by atoms with van der Waals surface area (Å²) >= 11 is 0. The second-order valence-electron chi connectivity index (χ2n) is 6.19. The van der Waals surface area contributed by atoms with Gasteiger partial charge in [0.15, 0.2) is 0 Å². The Bertz CT molecular complexity index is 399. The molecule has 0 bridgehead atoms. The summed E-state index contributed by atoms with van der Waals surface area (Å²) in [6, 6.07) is 10.6. The summed E-state index contributed by atoms with van der Waals surface area (Å²) in [6.07, 6.45) is 3.69. The SMILES string of the molecule is CN(C)C(=O)CCCNC(C)(C)CCc1ccccc1. The maximum Gasteiger partial charge on any atom is 0.222 e. The van der Waals surface area contributed by atoms with Gasteiger partial charge in [0.2, 0.25) is 5.91 Å². The molecular formula is C17H28N2O. The summed E-state index contributed by atoms with van der Waals surface area (Å²) in [5.41, 5.74) is 1.49. The van der Waals surface area contributed by atoms with Crippen LogP contribution >= 0.6 is 0 Å². The van der Waals surface area contributed by atoms with Gasteiger partial charge >= 0.3 is 0 Å². The zero-order valence-electron chi connectivity index (χ0n) is 13.3. The van der Waals surface area contributed by atoms with Crippen LogP contribution in [-0.4, -0.2) is 37.0 Å². The van der Waals surface area contributed by atoms with Crippen LogP contribution in [0.15, 0.2) is 30.3 Å². The van der Waals surface area contributed by atoms with Crippen LogP contribution in [0.5, 0.6) is 0 Å². The topological polar surface area (TPSA) is 32.3 Å². The fourth-order valence-electron chi connectivity index (χ4n) is 2.08. The average Bonchev–Trinajstić information content (AvgIpc) is 2.42. The van der Waals surface area contributed by atoms with Crippen LogP contribution in [0.3, 0.4) is 0 Å². The van der Waals surface area contributed by atoms with Crippen LogP contribution < -0.4 is 5.32 Å². The molecule has 1 rings (SSSR count). The first-order valence-electron chi connectivity index (χ1n) is 7.40. The Hall–Kier alpha value is -1.35. The standard InChI is InChI=1S/C17H28N2O/c1-17(2,13-12-15-9-6-5-7-10-15)18-14-8-11-16(20)19(3)4/h5-7,9-10,18H,8,11-14H2,1-4H3. The van der Waals surface area contributed by atoms with Gasteiger partial charge < -0.3 is 10.2 Å². The van der Waals surface area contributed by atoms with Crippen molar-refractivity contribution in [3.63, 3.8) is 0 Å². The molecule has 1 N–H and O–H groups in total. The highest BCUT2D eigenvalue weighted by molar-refractivity contribution is 5.75. The minimum atomic E-state index is 0.108. The summed E-state index contributed by atoms with van der Waals surface area (Å²) in [5, 5.41) is 3.55. The van der Waals surface area contributed by atoms with Crippen molar-refractivity contribution in [1.82, 2.24) is 10.2 Å². The molecule has 0 heterocycles. The van der Waals surface area contributed by atoms with E-state index in [4.69, 9.17) is 0 Å². The Morgan fingerprint density at radius 1 is 1.20 bits per heavy atom. The van der Waals surface area contributed by atoms with Gasteiger partial charge in [-0.15, -0.1) is 0 Å². The van der Waals surface area contributed by atoms with Crippen molar-refractivity contribution in [2.45, 2.75) is 45.1 Å². The predicted molar refractivity (Wildman–Crippen MR) is 84.8 cm³/mol. The number of nitrogens with one attached hydrogen (secondary N) is 1. The zero-order chi connectivity index (χ0) is 15.0. The molecule has 1 aromatic carbocycles. The summed E-state index contributed by atoms with van der Waals surface area (Å²) in [7, 11) is 3.61. The maximum absolute atomic E-state index is 11.5. The molecule has 0 spiro atoms. The number of aryl methyl sites for hydroxylation is 1. The van der Waals surface area contributed by atoms with E-state index < -0.39 is 0 Å². The number of nitrogens with zero attached hydrogens (tertiary/aromatic N) is 1.